The van der Waals surface area contributed by atoms with Gasteiger partial charge in [0.15, 0.2) is 0 Å². The normalized spacial score (nSPS) is 15.3. The lowest BCUT2D eigenvalue weighted by atomic mass is 10.3. The molecule has 0 radical (unpaired) electrons. The van der Waals surface area contributed by atoms with Crippen LogP contribution in [0.25, 0.3) is 0 Å². The average Bonchev–Trinajstić information content (AvgIpc) is 2.92. The van der Waals surface area contributed by atoms with Crippen LogP contribution < -0.4 is 4.74 Å². The summed E-state index contributed by atoms with van der Waals surface area (Å²) in [5.41, 5.74) is 0. The molecule has 0 heterocycles. The van der Waals surface area contributed by atoms with E-state index in [0.29, 0.717) is 5.75 Å². The van der Waals surface area contributed by atoms with E-state index in [4.69, 9.17) is 4.74 Å². The molecule has 1 aliphatic carbocycles. The highest BCUT2D eigenvalue weighted by Crippen LogP contribution is 2.33. The second-order valence-electron chi connectivity index (χ2n) is 3.27. The summed E-state index contributed by atoms with van der Waals surface area (Å²) < 4.78 is 6.96. The molecule has 0 N–H and O–H groups in total. The van der Waals surface area contributed by atoms with Gasteiger partial charge < -0.3 is 4.74 Å². The molecule has 4 heteroatoms. The molecule has 0 saturated heterocycles. The molecular formula is C10H8Br2O2. The van der Waals surface area contributed by atoms with Crippen LogP contribution >= 0.6 is 31.9 Å². The minimum atomic E-state index is -0.118. The maximum Gasteiger partial charge on any atom is 0.314 e. The molecule has 1 saturated carbocycles. The Morgan fingerprint density at radius 1 is 1.36 bits per heavy atom. The summed E-state index contributed by atoms with van der Waals surface area (Å²) in [5, 5.41) is 0. The Morgan fingerprint density at radius 2 is 2.07 bits per heavy atom. The van der Waals surface area contributed by atoms with E-state index in [1.807, 2.05) is 12.1 Å². The Bertz CT molecular complexity index is 372. The molecule has 74 valence electrons. The van der Waals surface area contributed by atoms with Crippen LogP contribution in [0.4, 0.5) is 0 Å². The molecule has 0 atom stereocenters. The van der Waals surface area contributed by atoms with Crippen molar-refractivity contribution >= 4 is 37.8 Å². The predicted molar refractivity (Wildman–Crippen MR) is 60.2 cm³/mol. The van der Waals surface area contributed by atoms with Gasteiger partial charge in [0.25, 0.3) is 0 Å². The first-order valence-electron chi connectivity index (χ1n) is 4.33. The molecule has 0 bridgehead atoms. The highest BCUT2D eigenvalue weighted by Gasteiger charge is 2.31. The number of carbonyl (C=O) groups excluding carboxylic acids is 1. The number of esters is 1. The first kappa shape index (κ1) is 10.2. The minimum absolute atomic E-state index is 0.118. The van der Waals surface area contributed by atoms with Crippen LogP contribution in [0.3, 0.4) is 0 Å². The molecule has 0 aromatic heterocycles. The first-order valence-corrected chi connectivity index (χ1v) is 5.92. The van der Waals surface area contributed by atoms with Gasteiger partial charge in [-0.05, 0) is 47.0 Å². The van der Waals surface area contributed by atoms with Crippen LogP contribution in [0.5, 0.6) is 5.75 Å². The Hall–Kier alpha value is -0.350. The van der Waals surface area contributed by atoms with Crippen molar-refractivity contribution < 1.29 is 9.53 Å². The molecular weight excluding hydrogens is 312 g/mol. The highest BCUT2D eigenvalue weighted by atomic mass is 79.9. The number of halogens is 2. The summed E-state index contributed by atoms with van der Waals surface area (Å²) in [6.45, 7) is 0. The lowest BCUT2D eigenvalue weighted by Gasteiger charge is -2.05. The molecule has 1 aromatic carbocycles. The van der Waals surface area contributed by atoms with Crippen molar-refractivity contribution in [3.8, 4) is 5.75 Å². The first-order chi connectivity index (χ1) is 6.66. The fourth-order valence-electron chi connectivity index (χ4n) is 1.07. The van der Waals surface area contributed by atoms with Gasteiger partial charge in [0.1, 0.15) is 5.75 Å². The van der Waals surface area contributed by atoms with Gasteiger partial charge in [-0.15, -0.1) is 0 Å². The van der Waals surface area contributed by atoms with Crippen molar-refractivity contribution in [3.05, 3.63) is 27.1 Å². The average molecular weight is 320 g/mol. The number of benzene rings is 1. The van der Waals surface area contributed by atoms with Gasteiger partial charge in [-0.25, -0.2) is 0 Å². The van der Waals surface area contributed by atoms with Gasteiger partial charge in [-0.3, -0.25) is 4.79 Å². The van der Waals surface area contributed by atoms with E-state index in [1.54, 1.807) is 6.07 Å². The van der Waals surface area contributed by atoms with E-state index < -0.39 is 0 Å². The van der Waals surface area contributed by atoms with Gasteiger partial charge in [0.05, 0.1) is 10.4 Å². The largest absolute Gasteiger partial charge is 0.425 e. The molecule has 1 aromatic rings. The zero-order chi connectivity index (χ0) is 10.1. The summed E-state index contributed by atoms with van der Waals surface area (Å²) >= 11 is 6.67. The third-order valence-corrected chi connectivity index (χ3v) is 3.13. The van der Waals surface area contributed by atoms with Gasteiger partial charge in [0, 0.05) is 4.47 Å². The molecule has 0 aliphatic heterocycles. The number of hydrogen-bond donors (Lipinski definition) is 0. The molecule has 2 nitrogen and oxygen atoms in total. The summed E-state index contributed by atoms with van der Waals surface area (Å²) in [6.07, 6.45) is 1.93. The Morgan fingerprint density at radius 3 is 2.64 bits per heavy atom. The van der Waals surface area contributed by atoms with Crippen LogP contribution in [0, 0.1) is 5.92 Å². The maximum absolute atomic E-state index is 11.4. The van der Waals surface area contributed by atoms with Crippen LogP contribution in [0.2, 0.25) is 0 Å². The predicted octanol–water partition coefficient (Wildman–Crippen LogP) is 3.53. The Balaban J connectivity index is 2.11. The molecule has 0 spiro atoms. The van der Waals surface area contributed by atoms with Crippen molar-refractivity contribution in [2.24, 2.45) is 5.92 Å². The van der Waals surface area contributed by atoms with E-state index >= 15 is 0 Å². The third-order valence-electron chi connectivity index (χ3n) is 2.02. The zero-order valence-corrected chi connectivity index (χ0v) is 10.5. The lowest BCUT2D eigenvalue weighted by Crippen LogP contribution is -2.09. The van der Waals surface area contributed by atoms with Crippen molar-refractivity contribution in [1.82, 2.24) is 0 Å². The van der Waals surface area contributed by atoms with Gasteiger partial charge in [-0.2, -0.15) is 0 Å². The summed E-state index contributed by atoms with van der Waals surface area (Å²) in [4.78, 5) is 11.4. The number of rotatable bonds is 2. The van der Waals surface area contributed by atoms with Crippen molar-refractivity contribution in [3.63, 3.8) is 0 Å². The summed E-state index contributed by atoms with van der Waals surface area (Å²) in [7, 11) is 0. The smallest absolute Gasteiger partial charge is 0.314 e. The Labute approximate surface area is 98.9 Å². The van der Waals surface area contributed by atoms with Crippen molar-refractivity contribution in [2.75, 3.05) is 0 Å². The highest BCUT2D eigenvalue weighted by molar-refractivity contribution is 9.11. The molecule has 14 heavy (non-hydrogen) atoms. The van der Waals surface area contributed by atoms with Crippen LogP contribution in [-0.2, 0) is 4.79 Å². The molecule has 0 unspecified atom stereocenters. The zero-order valence-electron chi connectivity index (χ0n) is 7.30. The fraction of sp³-hybridized carbons (Fsp3) is 0.300. The van der Waals surface area contributed by atoms with E-state index in [2.05, 4.69) is 31.9 Å². The van der Waals surface area contributed by atoms with Gasteiger partial charge in [0.2, 0.25) is 0 Å². The van der Waals surface area contributed by atoms with E-state index in [-0.39, 0.29) is 11.9 Å². The quantitative estimate of drug-likeness (QED) is 0.616. The Kier molecular flexibility index (Phi) is 2.93. The van der Waals surface area contributed by atoms with Gasteiger partial charge in [-0.1, -0.05) is 15.9 Å². The number of hydrogen-bond acceptors (Lipinski definition) is 2. The number of carbonyl (C=O) groups is 1. The summed E-state index contributed by atoms with van der Waals surface area (Å²) in [5.74, 6) is 0.601. The van der Waals surface area contributed by atoms with Crippen LogP contribution in [-0.4, -0.2) is 5.97 Å². The molecule has 2 rings (SSSR count). The van der Waals surface area contributed by atoms with E-state index in [1.165, 1.54) is 0 Å². The topological polar surface area (TPSA) is 26.3 Å². The molecule has 1 fully saturated rings. The third kappa shape index (κ3) is 2.36. The lowest BCUT2D eigenvalue weighted by molar-refractivity contribution is -0.135. The number of ether oxygens (including phenoxy) is 1. The summed E-state index contributed by atoms with van der Waals surface area (Å²) in [6, 6.07) is 5.48. The fourth-order valence-corrected chi connectivity index (χ4v) is 2.20. The van der Waals surface area contributed by atoms with Crippen LogP contribution in [0.1, 0.15) is 12.8 Å². The molecule has 0 amide bonds. The monoisotopic (exact) mass is 318 g/mol. The minimum Gasteiger partial charge on any atom is -0.425 e. The second kappa shape index (κ2) is 4.03. The molecule has 1 aliphatic rings. The SMILES string of the molecule is O=C(Oc1ccc(Br)cc1Br)C1CC1. The van der Waals surface area contributed by atoms with Gasteiger partial charge >= 0.3 is 5.97 Å². The van der Waals surface area contributed by atoms with Crippen molar-refractivity contribution in [1.29, 1.82) is 0 Å². The van der Waals surface area contributed by atoms with E-state index in [0.717, 1.165) is 21.8 Å². The second-order valence-corrected chi connectivity index (χ2v) is 5.04. The van der Waals surface area contributed by atoms with Crippen LogP contribution in [0.15, 0.2) is 27.1 Å². The van der Waals surface area contributed by atoms with Crippen molar-refractivity contribution in [2.45, 2.75) is 12.8 Å². The van der Waals surface area contributed by atoms with E-state index in [9.17, 15) is 4.79 Å². The standard InChI is InChI=1S/C10H8Br2O2/c11-7-3-4-9(8(12)5-7)14-10(13)6-1-2-6/h3-6H,1-2H2. The maximum atomic E-state index is 11.4.